The minimum atomic E-state index is -1.83. The molecule has 1 aromatic carbocycles. The molecule has 3 heteroatoms. The monoisotopic (exact) mass is 275 g/mol. The van der Waals surface area contributed by atoms with E-state index in [0.29, 0.717) is 0 Å². The summed E-state index contributed by atoms with van der Waals surface area (Å²) < 4.78 is 12.2. The first-order valence-corrected chi connectivity index (χ1v) is 9.63. The van der Waals surface area contributed by atoms with Gasteiger partial charge in [-0.05, 0) is 24.2 Å². The van der Waals surface area contributed by atoms with Crippen LogP contribution in [-0.4, -0.2) is 8.32 Å². The number of rotatable bonds is 2. The van der Waals surface area contributed by atoms with E-state index in [9.17, 15) is 0 Å². The van der Waals surface area contributed by atoms with E-state index in [4.69, 9.17) is 8.84 Å². The lowest BCUT2D eigenvalue weighted by Gasteiger charge is -2.36. The molecule has 2 nitrogen and oxygen atoms in total. The maximum Gasteiger partial charge on any atom is 0.363 e. The van der Waals surface area contributed by atoms with E-state index in [1.807, 2.05) is 31.2 Å². The lowest BCUT2D eigenvalue weighted by Crippen LogP contribution is -2.43. The molecular weight excluding hydrogens is 252 g/mol. The number of benzene rings is 1. The number of para-hydroxylation sites is 1. The predicted molar refractivity (Wildman–Crippen MR) is 83.2 cm³/mol. The first-order chi connectivity index (χ1) is 8.71. The molecule has 2 aromatic rings. The fourth-order valence-corrected chi connectivity index (χ4v) is 2.76. The molecule has 0 amide bonds. The second kappa shape index (κ2) is 4.64. The molecule has 2 rings (SSSR count). The van der Waals surface area contributed by atoms with Crippen LogP contribution >= 0.6 is 0 Å². The van der Waals surface area contributed by atoms with Gasteiger partial charge in [-0.3, -0.25) is 0 Å². The Morgan fingerprint density at radius 3 is 2.37 bits per heavy atom. The van der Waals surface area contributed by atoms with Gasteiger partial charge >= 0.3 is 11.3 Å². The summed E-state index contributed by atoms with van der Waals surface area (Å²) in [6.07, 6.45) is 0. The van der Waals surface area contributed by atoms with Crippen LogP contribution in [0, 0.1) is 6.92 Å². The number of hydrogen-bond acceptors (Lipinski definition) is 1. The van der Waals surface area contributed by atoms with E-state index in [2.05, 4.69) is 39.9 Å². The largest absolute Gasteiger partial charge is 0.543 e. The maximum absolute atomic E-state index is 6.44. The SMILES string of the molecule is Cc1cc(O[Si](C)(C)C(C)(C)C)c2ccccc2[o+]1. The third kappa shape index (κ3) is 2.81. The van der Waals surface area contributed by atoms with Crippen molar-refractivity contribution in [1.29, 1.82) is 0 Å². The minimum Gasteiger partial charge on any atom is -0.543 e. The smallest absolute Gasteiger partial charge is 0.363 e. The Morgan fingerprint density at radius 2 is 1.74 bits per heavy atom. The highest BCUT2D eigenvalue weighted by molar-refractivity contribution is 6.74. The lowest BCUT2D eigenvalue weighted by molar-refractivity contribution is 0.486. The average Bonchev–Trinajstić information content (AvgIpc) is 2.26. The Balaban J connectivity index is 2.52. The molecule has 0 aliphatic heterocycles. The van der Waals surface area contributed by atoms with Gasteiger partial charge in [0.25, 0.3) is 8.32 Å². The van der Waals surface area contributed by atoms with Crippen LogP contribution in [-0.2, 0) is 0 Å². The normalized spacial score (nSPS) is 12.7. The minimum absolute atomic E-state index is 0.189. The molecule has 0 aliphatic carbocycles. The molecule has 0 spiro atoms. The van der Waals surface area contributed by atoms with Crippen molar-refractivity contribution in [1.82, 2.24) is 0 Å². The van der Waals surface area contributed by atoms with Crippen LogP contribution in [0.4, 0.5) is 0 Å². The van der Waals surface area contributed by atoms with Crippen molar-refractivity contribution in [2.45, 2.75) is 45.8 Å². The predicted octanol–water partition coefficient (Wildman–Crippen LogP) is 5.41. The van der Waals surface area contributed by atoms with Gasteiger partial charge in [0.1, 0.15) is 11.1 Å². The van der Waals surface area contributed by atoms with Gasteiger partial charge in [0.15, 0.2) is 0 Å². The van der Waals surface area contributed by atoms with E-state index in [-0.39, 0.29) is 5.04 Å². The summed E-state index contributed by atoms with van der Waals surface area (Å²) in [5.41, 5.74) is 0.885. The molecule has 0 bridgehead atoms. The molecule has 0 aliphatic rings. The molecule has 1 aromatic heterocycles. The summed E-state index contributed by atoms with van der Waals surface area (Å²) in [5.74, 6) is 1.83. The topological polar surface area (TPSA) is 20.5 Å². The highest BCUT2D eigenvalue weighted by atomic mass is 28.4. The molecular formula is C16H23O2Si+. The Kier molecular flexibility index (Phi) is 3.43. The maximum atomic E-state index is 6.44. The van der Waals surface area contributed by atoms with E-state index < -0.39 is 8.32 Å². The van der Waals surface area contributed by atoms with Crippen LogP contribution < -0.4 is 4.43 Å². The van der Waals surface area contributed by atoms with Gasteiger partial charge < -0.3 is 4.43 Å². The van der Waals surface area contributed by atoms with Crippen molar-refractivity contribution >= 4 is 19.3 Å². The van der Waals surface area contributed by atoms with Gasteiger partial charge in [0.05, 0.1) is 13.0 Å². The zero-order valence-corrected chi connectivity index (χ0v) is 13.7. The summed E-state index contributed by atoms with van der Waals surface area (Å²) in [5, 5.41) is 1.24. The van der Waals surface area contributed by atoms with E-state index in [0.717, 1.165) is 22.5 Å². The molecule has 0 atom stereocenters. The highest BCUT2D eigenvalue weighted by Gasteiger charge is 2.39. The fraction of sp³-hybridized carbons (Fsp3) is 0.438. The first kappa shape index (κ1) is 14.1. The first-order valence-electron chi connectivity index (χ1n) is 6.72. The average molecular weight is 275 g/mol. The quantitative estimate of drug-likeness (QED) is 0.540. The third-order valence-electron chi connectivity index (χ3n) is 3.93. The van der Waals surface area contributed by atoms with Crippen molar-refractivity contribution in [2.75, 3.05) is 0 Å². The Labute approximate surface area is 116 Å². The molecule has 102 valence electrons. The van der Waals surface area contributed by atoms with Gasteiger partial charge in [0, 0.05) is 6.07 Å². The Morgan fingerprint density at radius 1 is 1.11 bits per heavy atom. The molecule has 0 unspecified atom stereocenters. The zero-order valence-electron chi connectivity index (χ0n) is 12.7. The van der Waals surface area contributed by atoms with Crippen molar-refractivity contribution < 1.29 is 8.84 Å². The molecule has 1 heterocycles. The van der Waals surface area contributed by atoms with Gasteiger partial charge in [-0.25, -0.2) is 4.42 Å². The van der Waals surface area contributed by atoms with E-state index in [1.54, 1.807) is 0 Å². The molecule has 0 radical (unpaired) electrons. The number of hydrogen-bond donors (Lipinski definition) is 0. The summed E-state index contributed by atoms with van der Waals surface area (Å²) in [6.45, 7) is 13.2. The standard InChI is InChI=1S/C16H23O2Si/c1-12-11-15(18-19(5,6)16(2,3)4)13-9-7-8-10-14(13)17-12/h7-11H,1-6H3/q+1. The van der Waals surface area contributed by atoms with Crippen molar-refractivity contribution in [3.63, 3.8) is 0 Å². The lowest BCUT2D eigenvalue weighted by atomic mass is 10.2. The van der Waals surface area contributed by atoms with Gasteiger partial charge in [-0.1, -0.05) is 32.9 Å². The Bertz CT molecular complexity index is 597. The van der Waals surface area contributed by atoms with Crippen LogP contribution in [0.3, 0.4) is 0 Å². The van der Waals surface area contributed by atoms with E-state index >= 15 is 0 Å². The summed E-state index contributed by atoms with van der Waals surface area (Å²) in [7, 11) is -1.83. The highest BCUT2D eigenvalue weighted by Crippen LogP contribution is 2.39. The zero-order chi connectivity index (χ0) is 14.3. The van der Waals surface area contributed by atoms with E-state index in [1.165, 1.54) is 0 Å². The van der Waals surface area contributed by atoms with Crippen molar-refractivity contribution in [2.24, 2.45) is 0 Å². The van der Waals surface area contributed by atoms with Gasteiger partial charge in [0.2, 0.25) is 0 Å². The molecule has 0 N–H and O–H groups in total. The second-order valence-corrected chi connectivity index (χ2v) is 11.3. The van der Waals surface area contributed by atoms with Crippen molar-refractivity contribution in [3.8, 4) is 5.75 Å². The van der Waals surface area contributed by atoms with Crippen LogP contribution in [0.1, 0.15) is 26.5 Å². The van der Waals surface area contributed by atoms with Crippen LogP contribution in [0.2, 0.25) is 18.1 Å². The number of aryl methyl sites for hydroxylation is 1. The van der Waals surface area contributed by atoms with Crippen LogP contribution in [0.15, 0.2) is 34.7 Å². The van der Waals surface area contributed by atoms with Crippen LogP contribution in [0.25, 0.3) is 11.0 Å². The van der Waals surface area contributed by atoms with Crippen LogP contribution in [0.5, 0.6) is 5.75 Å². The molecule has 0 saturated carbocycles. The number of fused-ring (bicyclic) bond motifs is 1. The summed E-state index contributed by atoms with van der Waals surface area (Å²) in [4.78, 5) is 0. The van der Waals surface area contributed by atoms with Crippen molar-refractivity contribution in [3.05, 3.63) is 36.1 Å². The fourth-order valence-electron chi connectivity index (χ4n) is 1.74. The second-order valence-electron chi connectivity index (χ2n) is 6.58. The Hall–Kier alpha value is -1.35. The summed E-state index contributed by atoms with van der Waals surface area (Å²) >= 11 is 0. The van der Waals surface area contributed by atoms with Gasteiger partial charge in [-0.15, -0.1) is 0 Å². The van der Waals surface area contributed by atoms with Gasteiger partial charge in [-0.2, -0.15) is 0 Å². The molecule has 0 fully saturated rings. The summed E-state index contributed by atoms with van der Waals surface area (Å²) in [6, 6.07) is 10.1. The molecule has 0 saturated heterocycles. The third-order valence-corrected chi connectivity index (χ3v) is 8.27. The molecule has 19 heavy (non-hydrogen) atoms.